The lowest BCUT2D eigenvalue weighted by Crippen LogP contribution is -2.46. The van der Waals surface area contributed by atoms with Crippen LogP contribution in [0.2, 0.25) is 0 Å². The van der Waals surface area contributed by atoms with Gasteiger partial charge in [0.1, 0.15) is 10.6 Å². The molecule has 18 heavy (non-hydrogen) atoms. The third-order valence-corrected chi connectivity index (χ3v) is 5.93. The van der Waals surface area contributed by atoms with E-state index in [-0.39, 0.29) is 13.1 Å². The molecule has 0 saturated heterocycles. The molecular formula is C8H22N2O6P2. The van der Waals surface area contributed by atoms with Gasteiger partial charge >= 0.3 is 15.2 Å². The van der Waals surface area contributed by atoms with Crippen LogP contribution in [0.4, 0.5) is 0 Å². The minimum atomic E-state index is -4.27. The summed E-state index contributed by atoms with van der Waals surface area (Å²) in [6.07, 6.45) is 0. The molecule has 6 N–H and O–H groups in total. The van der Waals surface area contributed by atoms with Crippen LogP contribution in [0.25, 0.3) is 0 Å². The number of nitrogens with one attached hydrogen (secondary N) is 2. The Kier molecular flexibility index (Phi) is 5.76. The molecule has 0 aromatic heterocycles. The van der Waals surface area contributed by atoms with Crippen LogP contribution < -0.4 is 10.6 Å². The summed E-state index contributed by atoms with van der Waals surface area (Å²) < 4.78 is 22.2. The first-order valence-electron chi connectivity index (χ1n) is 5.32. The van der Waals surface area contributed by atoms with Crippen LogP contribution >= 0.6 is 15.2 Å². The molecule has 0 heterocycles. The molecule has 0 bridgehead atoms. The molecule has 0 aliphatic heterocycles. The van der Waals surface area contributed by atoms with Gasteiger partial charge in [-0.15, -0.1) is 0 Å². The Morgan fingerprint density at radius 2 is 1.00 bits per heavy atom. The first-order chi connectivity index (χ1) is 7.71. The quantitative estimate of drug-likeness (QED) is 0.285. The van der Waals surface area contributed by atoms with Crippen molar-refractivity contribution in [2.24, 2.45) is 0 Å². The van der Waals surface area contributed by atoms with Crippen molar-refractivity contribution < 1.29 is 28.7 Å². The zero-order valence-corrected chi connectivity index (χ0v) is 12.7. The zero-order chi connectivity index (χ0) is 14.8. The highest BCUT2D eigenvalue weighted by Gasteiger charge is 2.38. The maximum Gasteiger partial charge on any atom is 0.344 e. The molecule has 0 spiro atoms. The van der Waals surface area contributed by atoms with Gasteiger partial charge in [-0.25, -0.2) is 0 Å². The second-order valence-corrected chi connectivity index (χ2v) is 9.47. The second kappa shape index (κ2) is 5.69. The largest absolute Gasteiger partial charge is 0.344 e. The van der Waals surface area contributed by atoms with E-state index in [0.717, 1.165) is 0 Å². The van der Waals surface area contributed by atoms with Gasteiger partial charge in [0.2, 0.25) is 0 Å². The average molecular weight is 304 g/mol. The molecule has 0 aliphatic carbocycles. The van der Waals surface area contributed by atoms with Crippen LogP contribution in [0.15, 0.2) is 0 Å². The van der Waals surface area contributed by atoms with Gasteiger partial charge in [-0.1, -0.05) is 0 Å². The van der Waals surface area contributed by atoms with Crippen LogP contribution in [-0.2, 0) is 9.13 Å². The molecule has 0 saturated carbocycles. The summed E-state index contributed by atoms with van der Waals surface area (Å²) in [6, 6.07) is 0. The Balaban J connectivity index is 4.26. The summed E-state index contributed by atoms with van der Waals surface area (Å²) in [5.41, 5.74) is 0. The predicted octanol–water partition coefficient (Wildman–Crippen LogP) is -0.00680. The number of hydrogen-bond donors (Lipinski definition) is 6. The lowest BCUT2D eigenvalue weighted by molar-refractivity contribution is 0.303. The minimum absolute atomic E-state index is 0.168. The lowest BCUT2D eigenvalue weighted by Gasteiger charge is -2.30. The summed E-state index contributed by atoms with van der Waals surface area (Å²) in [5, 5.41) is 2.54. The van der Waals surface area contributed by atoms with E-state index >= 15 is 0 Å². The van der Waals surface area contributed by atoms with Crippen molar-refractivity contribution >= 4 is 15.2 Å². The van der Waals surface area contributed by atoms with Crippen LogP contribution in [-0.4, -0.2) is 43.2 Å². The number of rotatable bonds is 7. The Morgan fingerprint density at radius 1 is 0.778 bits per heavy atom. The van der Waals surface area contributed by atoms with Crippen molar-refractivity contribution in [2.75, 3.05) is 13.1 Å². The molecule has 10 heteroatoms. The van der Waals surface area contributed by atoms with Gasteiger partial charge < -0.3 is 30.2 Å². The van der Waals surface area contributed by atoms with Gasteiger partial charge in [0.05, 0.1) is 0 Å². The summed E-state index contributed by atoms with van der Waals surface area (Å²) in [4.78, 5) is 36.2. The van der Waals surface area contributed by atoms with Crippen LogP contribution in [0.5, 0.6) is 0 Å². The van der Waals surface area contributed by atoms with E-state index in [2.05, 4.69) is 10.6 Å². The Hall–Kier alpha value is 0.220. The zero-order valence-electron chi connectivity index (χ0n) is 10.9. The van der Waals surface area contributed by atoms with E-state index in [1.165, 1.54) is 27.7 Å². The normalized spacial score (nSPS) is 14.9. The summed E-state index contributed by atoms with van der Waals surface area (Å²) in [5.74, 6) is 0. The van der Waals surface area contributed by atoms with Gasteiger partial charge in [-0.3, -0.25) is 9.13 Å². The van der Waals surface area contributed by atoms with Crippen molar-refractivity contribution in [2.45, 2.75) is 38.3 Å². The van der Waals surface area contributed by atoms with Crippen LogP contribution in [0, 0.1) is 0 Å². The molecule has 0 unspecified atom stereocenters. The summed E-state index contributed by atoms with van der Waals surface area (Å²) >= 11 is 0. The van der Waals surface area contributed by atoms with E-state index in [9.17, 15) is 9.13 Å². The predicted molar refractivity (Wildman–Crippen MR) is 68.3 cm³/mol. The van der Waals surface area contributed by atoms with E-state index in [4.69, 9.17) is 19.6 Å². The summed E-state index contributed by atoms with van der Waals surface area (Å²) in [6.45, 7) is 5.79. The Morgan fingerprint density at radius 3 is 1.17 bits per heavy atom. The smallest absolute Gasteiger partial charge is 0.323 e. The SMILES string of the molecule is CC(C)(NCCNC(C)(C)P(=O)(O)O)P(=O)(O)O. The molecule has 0 fully saturated rings. The lowest BCUT2D eigenvalue weighted by atomic mass is 10.3. The van der Waals surface area contributed by atoms with Gasteiger partial charge in [0.15, 0.2) is 0 Å². The van der Waals surface area contributed by atoms with E-state index < -0.39 is 25.8 Å². The highest BCUT2D eigenvalue weighted by molar-refractivity contribution is 7.53. The fourth-order valence-corrected chi connectivity index (χ4v) is 1.58. The average Bonchev–Trinajstić information content (AvgIpc) is 2.08. The highest BCUT2D eigenvalue weighted by atomic mass is 31.2. The van der Waals surface area contributed by atoms with Gasteiger partial charge in [0.25, 0.3) is 0 Å². The number of hydrogen-bond acceptors (Lipinski definition) is 4. The molecule has 0 aliphatic rings. The van der Waals surface area contributed by atoms with Crippen molar-refractivity contribution in [3.8, 4) is 0 Å². The van der Waals surface area contributed by atoms with E-state index in [0.29, 0.717) is 0 Å². The third-order valence-electron chi connectivity index (χ3n) is 2.70. The topological polar surface area (TPSA) is 139 Å². The van der Waals surface area contributed by atoms with Gasteiger partial charge in [-0.05, 0) is 27.7 Å². The van der Waals surface area contributed by atoms with Crippen molar-refractivity contribution in [3.05, 3.63) is 0 Å². The second-order valence-electron chi connectivity index (χ2n) is 5.06. The molecule has 0 atom stereocenters. The molecular weight excluding hydrogens is 282 g/mol. The first-order valence-corrected chi connectivity index (χ1v) is 8.54. The van der Waals surface area contributed by atoms with E-state index in [1.54, 1.807) is 0 Å². The molecule has 0 radical (unpaired) electrons. The minimum Gasteiger partial charge on any atom is -0.323 e. The first kappa shape index (κ1) is 18.2. The summed E-state index contributed by atoms with van der Waals surface area (Å²) in [7, 11) is -8.55. The van der Waals surface area contributed by atoms with Crippen LogP contribution in [0.3, 0.4) is 0 Å². The van der Waals surface area contributed by atoms with Crippen LogP contribution in [0.1, 0.15) is 27.7 Å². The van der Waals surface area contributed by atoms with E-state index in [1.807, 2.05) is 0 Å². The standard InChI is InChI=1S/C8H22N2O6P2/c1-7(2,17(11,12)13)9-5-6-10-8(3,4)18(14,15)16/h9-10H,5-6H2,1-4H3,(H2,11,12,13)(H2,14,15,16). The van der Waals surface area contributed by atoms with Crippen molar-refractivity contribution in [1.29, 1.82) is 0 Å². The molecule has 110 valence electrons. The fraction of sp³-hybridized carbons (Fsp3) is 1.00. The van der Waals surface area contributed by atoms with Crippen molar-refractivity contribution in [3.63, 3.8) is 0 Å². The molecule has 8 nitrogen and oxygen atoms in total. The van der Waals surface area contributed by atoms with Gasteiger partial charge in [-0.2, -0.15) is 0 Å². The van der Waals surface area contributed by atoms with Crippen molar-refractivity contribution in [1.82, 2.24) is 10.6 Å². The maximum atomic E-state index is 11.1. The van der Waals surface area contributed by atoms with Gasteiger partial charge in [0, 0.05) is 13.1 Å². The highest BCUT2D eigenvalue weighted by Crippen LogP contribution is 2.48. The monoisotopic (exact) mass is 304 g/mol. The fourth-order valence-electron chi connectivity index (χ4n) is 0.943. The molecule has 0 aromatic rings. The Bertz CT molecular complexity index is 336. The molecule has 0 aromatic carbocycles. The Labute approximate surface area is 106 Å². The third kappa shape index (κ3) is 5.07. The molecule has 0 rings (SSSR count). The molecule has 0 amide bonds. The maximum absolute atomic E-state index is 11.1.